The number of hydrogen-bond donors (Lipinski definition) is 2. The van der Waals surface area contributed by atoms with E-state index in [2.05, 4.69) is 0 Å². The minimum Gasteiger partial charge on any atom is -0.368 e. The lowest BCUT2D eigenvalue weighted by Crippen LogP contribution is -2.47. The van der Waals surface area contributed by atoms with Gasteiger partial charge < -0.3 is 16.4 Å². The van der Waals surface area contributed by atoms with Crippen LogP contribution < -0.4 is 11.5 Å². The molecular formula is C11H24ClN3O2. The lowest BCUT2D eigenvalue weighted by Gasteiger charge is -2.24. The fraction of sp³-hybridized carbons (Fsp3) is 0.818. The number of amides is 2. The second-order valence-electron chi connectivity index (χ2n) is 3.97. The van der Waals surface area contributed by atoms with Gasteiger partial charge in [0.2, 0.25) is 11.8 Å². The van der Waals surface area contributed by atoms with Gasteiger partial charge in [-0.3, -0.25) is 9.59 Å². The zero-order valence-electron chi connectivity index (χ0n) is 10.6. The van der Waals surface area contributed by atoms with Gasteiger partial charge in [0, 0.05) is 6.54 Å². The van der Waals surface area contributed by atoms with Crippen molar-refractivity contribution in [1.82, 2.24) is 4.90 Å². The first kappa shape index (κ1) is 18.6. The van der Waals surface area contributed by atoms with Gasteiger partial charge in [-0.1, -0.05) is 26.7 Å². The molecule has 5 nitrogen and oxygen atoms in total. The van der Waals surface area contributed by atoms with Crippen LogP contribution in [0.25, 0.3) is 0 Å². The average molecular weight is 266 g/mol. The highest BCUT2D eigenvalue weighted by molar-refractivity contribution is 5.86. The Hall–Kier alpha value is -0.810. The van der Waals surface area contributed by atoms with Gasteiger partial charge in [0.15, 0.2) is 0 Å². The van der Waals surface area contributed by atoms with Crippen molar-refractivity contribution in [1.29, 1.82) is 0 Å². The van der Waals surface area contributed by atoms with Crippen molar-refractivity contribution in [3.05, 3.63) is 0 Å². The van der Waals surface area contributed by atoms with Crippen molar-refractivity contribution in [3.63, 3.8) is 0 Å². The van der Waals surface area contributed by atoms with Crippen molar-refractivity contribution in [2.45, 2.75) is 45.6 Å². The van der Waals surface area contributed by atoms with E-state index < -0.39 is 11.9 Å². The van der Waals surface area contributed by atoms with E-state index in [0.29, 0.717) is 13.0 Å². The predicted octanol–water partition coefficient (Wildman–Crippen LogP) is 0.650. The summed E-state index contributed by atoms with van der Waals surface area (Å²) in [5.74, 6) is -0.665. The molecule has 0 aromatic heterocycles. The number of carbonyl (C=O) groups excluding carboxylic acids is 2. The predicted molar refractivity (Wildman–Crippen MR) is 70.8 cm³/mol. The van der Waals surface area contributed by atoms with Crippen LogP contribution in [0.5, 0.6) is 0 Å². The summed E-state index contributed by atoms with van der Waals surface area (Å²) >= 11 is 0. The first-order chi connectivity index (χ1) is 7.52. The maximum atomic E-state index is 11.9. The fourth-order valence-electron chi connectivity index (χ4n) is 1.47. The lowest BCUT2D eigenvalue weighted by molar-refractivity contribution is -0.136. The van der Waals surface area contributed by atoms with Crippen molar-refractivity contribution < 1.29 is 9.59 Å². The number of hydrogen-bond acceptors (Lipinski definition) is 3. The zero-order chi connectivity index (χ0) is 12.6. The largest absolute Gasteiger partial charge is 0.368 e. The maximum absolute atomic E-state index is 11.9. The van der Waals surface area contributed by atoms with Crippen LogP contribution >= 0.6 is 12.4 Å². The van der Waals surface area contributed by atoms with Crippen molar-refractivity contribution in [2.24, 2.45) is 11.5 Å². The molecule has 0 heterocycles. The average Bonchev–Trinajstić information content (AvgIpc) is 2.23. The number of nitrogens with zero attached hydrogens (tertiary/aromatic N) is 1. The Morgan fingerprint density at radius 1 is 1.24 bits per heavy atom. The molecular weight excluding hydrogens is 242 g/mol. The molecule has 17 heavy (non-hydrogen) atoms. The third-order valence-corrected chi connectivity index (χ3v) is 2.36. The third kappa shape index (κ3) is 7.99. The van der Waals surface area contributed by atoms with Gasteiger partial charge in [-0.2, -0.15) is 0 Å². The number of primary amides is 1. The number of halogens is 1. The molecule has 0 bridgehead atoms. The molecule has 4 N–H and O–H groups in total. The number of unbranched alkanes of at least 4 members (excludes halogenated alkanes) is 1. The van der Waals surface area contributed by atoms with Crippen LogP contribution in [-0.2, 0) is 9.59 Å². The molecule has 0 aliphatic carbocycles. The second-order valence-corrected chi connectivity index (χ2v) is 3.97. The summed E-state index contributed by atoms with van der Waals surface area (Å²) in [6.07, 6.45) is 3.31. The van der Waals surface area contributed by atoms with Gasteiger partial charge in [0.1, 0.15) is 0 Å². The van der Waals surface area contributed by atoms with Crippen LogP contribution in [-0.4, -0.2) is 35.8 Å². The van der Waals surface area contributed by atoms with Crippen molar-refractivity contribution in [2.75, 3.05) is 13.1 Å². The van der Waals surface area contributed by atoms with Crippen LogP contribution in [0.4, 0.5) is 0 Å². The topological polar surface area (TPSA) is 89.4 Å². The van der Waals surface area contributed by atoms with Gasteiger partial charge >= 0.3 is 0 Å². The molecule has 0 radical (unpaired) electrons. The Bertz CT molecular complexity index is 237. The SMILES string of the molecule is CCCCN(CC(N)=O)C(=O)C(N)CCC.Cl. The maximum Gasteiger partial charge on any atom is 0.239 e. The quantitative estimate of drug-likeness (QED) is 0.675. The lowest BCUT2D eigenvalue weighted by atomic mass is 10.1. The molecule has 0 aliphatic rings. The highest BCUT2D eigenvalue weighted by Gasteiger charge is 2.20. The van der Waals surface area contributed by atoms with Gasteiger partial charge in [-0.05, 0) is 12.8 Å². The van der Waals surface area contributed by atoms with E-state index in [1.165, 1.54) is 4.90 Å². The highest BCUT2D eigenvalue weighted by atomic mass is 35.5. The summed E-state index contributed by atoms with van der Waals surface area (Å²) in [5.41, 5.74) is 10.8. The van der Waals surface area contributed by atoms with Crippen LogP contribution in [0.1, 0.15) is 39.5 Å². The Balaban J connectivity index is 0. The van der Waals surface area contributed by atoms with E-state index in [1.54, 1.807) is 0 Å². The molecule has 6 heteroatoms. The molecule has 0 aliphatic heterocycles. The van der Waals surface area contributed by atoms with Crippen molar-refractivity contribution >= 4 is 24.2 Å². The van der Waals surface area contributed by atoms with E-state index >= 15 is 0 Å². The first-order valence-corrected chi connectivity index (χ1v) is 5.85. The van der Waals surface area contributed by atoms with E-state index in [4.69, 9.17) is 11.5 Å². The third-order valence-electron chi connectivity index (χ3n) is 2.36. The van der Waals surface area contributed by atoms with Crippen molar-refractivity contribution in [3.8, 4) is 0 Å². The summed E-state index contributed by atoms with van der Waals surface area (Å²) in [5, 5.41) is 0. The summed E-state index contributed by atoms with van der Waals surface area (Å²) in [6.45, 7) is 4.52. The first-order valence-electron chi connectivity index (χ1n) is 5.85. The summed E-state index contributed by atoms with van der Waals surface area (Å²) in [6, 6.07) is -0.513. The molecule has 102 valence electrons. The monoisotopic (exact) mass is 265 g/mol. The second kappa shape index (κ2) is 10.4. The summed E-state index contributed by atoms with van der Waals surface area (Å²) in [7, 11) is 0. The minimum atomic E-state index is -0.513. The Morgan fingerprint density at radius 3 is 2.24 bits per heavy atom. The molecule has 0 saturated heterocycles. The van der Waals surface area contributed by atoms with Crippen LogP contribution in [0.2, 0.25) is 0 Å². The molecule has 1 atom stereocenters. The Morgan fingerprint density at radius 2 is 1.82 bits per heavy atom. The molecule has 0 saturated carbocycles. The zero-order valence-corrected chi connectivity index (χ0v) is 11.5. The number of carbonyl (C=O) groups is 2. The van der Waals surface area contributed by atoms with Gasteiger partial charge in [0.25, 0.3) is 0 Å². The normalized spacial score (nSPS) is 11.5. The summed E-state index contributed by atoms with van der Waals surface area (Å²) < 4.78 is 0. The van der Waals surface area contributed by atoms with Gasteiger partial charge in [-0.25, -0.2) is 0 Å². The molecule has 0 rings (SSSR count). The minimum absolute atomic E-state index is 0. The van der Waals surface area contributed by atoms with Crippen LogP contribution in [0.3, 0.4) is 0 Å². The molecule has 0 spiro atoms. The van der Waals surface area contributed by atoms with Crippen LogP contribution in [0.15, 0.2) is 0 Å². The molecule has 1 unspecified atom stereocenters. The van der Waals surface area contributed by atoms with E-state index in [1.807, 2.05) is 13.8 Å². The smallest absolute Gasteiger partial charge is 0.239 e. The standard InChI is InChI=1S/C11H23N3O2.ClH/c1-3-5-7-14(8-10(13)15)11(16)9(12)6-4-2;/h9H,3-8,12H2,1-2H3,(H2,13,15);1H. The number of rotatable bonds is 8. The van der Waals surface area contributed by atoms with E-state index in [9.17, 15) is 9.59 Å². The number of nitrogens with two attached hydrogens (primary N) is 2. The molecule has 0 aromatic carbocycles. The molecule has 0 fully saturated rings. The fourth-order valence-corrected chi connectivity index (χ4v) is 1.47. The van der Waals surface area contributed by atoms with Crippen LogP contribution in [0, 0.1) is 0 Å². The highest BCUT2D eigenvalue weighted by Crippen LogP contribution is 2.02. The Labute approximate surface area is 109 Å². The van der Waals surface area contributed by atoms with Gasteiger partial charge in [0.05, 0.1) is 12.6 Å². The van der Waals surface area contributed by atoms with Gasteiger partial charge in [-0.15, -0.1) is 12.4 Å². The molecule has 0 aromatic rings. The van der Waals surface area contributed by atoms with E-state index in [0.717, 1.165) is 19.3 Å². The molecule has 2 amide bonds. The summed E-state index contributed by atoms with van der Waals surface area (Å²) in [4.78, 5) is 24.2. The Kier molecular flexibility index (Phi) is 11.3. The van der Waals surface area contributed by atoms with E-state index in [-0.39, 0.29) is 24.9 Å².